The number of ketones is 1. The second-order valence-electron chi connectivity index (χ2n) is 5.87. The number of carbonyl (C=O) groups excluding carboxylic acids is 2. The molecule has 0 saturated heterocycles. The third-order valence-corrected chi connectivity index (χ3v) is 4.18. The highest BCUT2D eigenvalue weighted by molar-refractivity contribution is 6.49. The summed E-state index contributed by atoms with van der Waals surface area (Å²) in [6.07, 6.45) is 3.08. The predicted molar refractivity (Wildman–Crippen MR) is 102 cm³/mol. The molecule has 0 bridgehead atoms. The van der Waals surface area contributed by atoms with Crippen LogP contribution in [0.2, 0.25) is 0 Å². The molecule has 0 aliphatic carbocycles. The molecule has 4 rings (SSSR count). The Balaban J connectivity index is 1.82. The van der Waals surface area contributed by atoms with Crippen molar-refractivity contribution in [3.05, 3.63) is 66.5 Å². The Morgan fingerprint density at radius 3 is 2.63 bits per heavy atom. The number of pyridine rings is 1. The molecule has 1 N–H and O–H groups in total. The Kier molecular flexibility index (Phi) is 4.30. The third kappa shape index (κ3) is 3.01. The fraction of sp³-hybridized carbons (Fsp3) is 0.0952. The van der Waals surface area contributed by atoms with Crippen LogP contribution in [0.3, 0.4) is 0 Å². The topological polar surface area (TPSA) is 81.4 Å². The average molecular weight is 360 g/mol. The van der Waals surface area contributed by atoms with Crippen LogP contribution in [0.25, 0.3) is 21.9 Å². The largest absolute Gasteiger partial charge is 0.490 e. The molecule has 0 atom stereocenters. The predicted octanol–water partition coefficient (Wildman–Crippen LogP) is 4.20. The molecule has 2 aromatic heterocycles. The normalized spacial score (nSPS) is 10.9. The van der Waals surface area contributed by atoms with Gasteiger partial charge < -0.3 is 14.5 Å². The Labute approximate surface area is 154 Å². The summed E-state index contributed by atoms with van der Waals surface area (Å²) < 4.78 is 11.5. The van der Waals surface area contributed by atoms with Crippen molar-refractivity contribution in [2.45, 2.75) is 6.92 Å². The highest BCUT2D eigenvalue weighted by Crippen LogP contribution is 2.37. The van der Waals surface area contributed by atoms with Gasteiger partial charge in [-0.2, -0.15) is 0 Å². The number of benzene rings is 2. The van der Waals surface area contributed by atoms with Crippen molar-refractivity contribution in [3.8, 4) is 5.75 Å². The van der Waals surface area contributed by atoms with Gasteiger partial charge in [0.1, 0.15) is 5.58 Å². The van der Waals surface area contributed by atoms with E-state index in [1.165, 1.54) is 0 Å². The summed E-state index contributed by atoms with van der Waals surface area (Å²) in [7, 11) is 0. The number of hydrogen-bond donors (Lipinski definition) is 1. The molecule has 1 amide bonds. The van der Waals surface area contributed by atoms with Crippen molar-refractivity contribution in [1.29, 1.82) is 0 Å². The first-order valence-corrected chi connectivity index (χ1v) is 8.51. The SMILES string of the molecule is CCOc1ccc(C(=O)C(=O)Nc2ccncc2)c2c1oc1ccccc12. The van der Waals surface area contributed by atoms with Crippen LogP contribution in [-0.4, -0.2) is 23.3 Å². The highest BCUT2D eigenvalue weighted by Gasteiger charge is 2.24. The number of rotatable bonds is 5. The monoisotopic (exact) mass is 360 g/mol. The molecule has 0 saturated carbocycles. The first-order valence-electron chi connectivity index (χ1n) is 8.51. The Bertz CT molecular complexity index is 1150. The molecule has 0 fully saturated rings. The Morgan fingerprint density at radius 2 is 1.85 bits per heavy atom. The van der Waals surface area contributed by atoms with Gasteiger partial charge in [-0.25, -0.2) is 0 Å². The number of para-hydroxylation sites is 1. The number of nitrogens with one attached hydrogen (secondary N) is 1. The molecule has 0 unspecified atom stereocenters. The number of hydrogen-bond acceptors (Lipinski definition) is 5. The number of anilines is 1. The number of aromatic nitrogens is 1. The minimum atomic E-state index is -0.725. The maximum atomic E-state index is 12.9. The Morgan fingerprint density at radius 1 is 1.07 bits per heavy atom. The second kappa shape index (κ2) is 6.92. The van der Waals surface area contributed by atoms with Crippen molar-refractivity contribution in [2.24, 2.45) is 0 Å². The summed E-state index contributed by atoms with van der Waals surface area (Å²) >= 11 is 0. The van der Waals surface area contributed by atoms with Crippen molar-refractivity contribution in [1.82, 2.24) is 4.98 Å². The maximum absolute atomic E-state index is 12.9. The third-order valence-electron chi connectivity index (χ3n) is 4.18. The maximum Gasteiger partial charge on any atom is 0.296 e. The summed E-state index contributed by atoms with van der Waals surface area (Å²) in [4.78, 5) is 29.2. The Hall–Kier alpha value is -3.67. The van der Waals surface area contributed by atoms with E-state index in [0.29, 0.717) is 34.6 Å². The first-order chi connectivity index (χ1) is 13.2. The zero-order valence-electron chi connectivity index (χ0n) is 14.6. The van der Waals surface area contributed by atoms with Crippen LogP contribution in [0, 0.1) is 0 Å². The minimum absolute atomic E-state index is 0.268. The van der Waals surface area contributed by atoms with Gasteiger partial charge in [-0.1, -0.05) is 18.2 Å². The fourth-order valence-electron chi connectivity index (χ4n) is 3.01. The summed E-state index contributed by atoms with van der Waals surface area (Å²) in [5, 5.41) is 3.93. The van der Waals surface area contributed by atoms with Crippen LogP contribution in [0.5, 0.6) is 5.75 Å². The summed E-state index contributed by atoms with van der Waals surface area (Å²) in [5.41, 5.74) is 1.86. The van der Waals surface area contributed by atoms with Gasteiger partial charge in [-0.3, -0.25) is 14.6 Å². The van der Waals surface area contributed by atoms with Crippen molar-refractivity contribution >= 4 is 39.3 Å². The number of furan rings is 1. The van der Waals surface area contributed by atoms with Crippen LogP contribution in [-0.2, 0) is 4.79 Å². The fourth-order valence-corrected chi connectivity index (χ4v) is 3.01. The van der Waals surface area contributed by atoms with E-state index in [1.807, 2.05) is 31.2 Å². The van der Waals surface area contributed by atoms with Gasteiger partial charge in [-0.05, 0) is 37.3 Å². The molecule has 0 aliphatic heterocycles. The number of ether oxygens (including phenoxy) is 1. The van der Waals surface area contributed by atoms with Gasteiger partial charge in [0.25, 0.3) is 11.7 Å². The van der Waals surface area contributed by atoms with E-state index in [4.69, 9.17) is 9.15 Å². The highest BCUT2D eigenvalue weighted by atomic mass is 16.5. The zero-order chi connectivity index (χ0) is 18.8. The molecule has 0 spiro atoms. The van der Waals surface area contributed by atoms with Gasteiger partial charge in [0, 0.05) is 34.4 Å². The lowest BCUT2D eigenvalue weighted by atomic mass is 10.0. The van der Waals surface area contributed by atoms with Crippen molar-refractivity contribution < 1.29 is 18.7 Å². The molecular formula is C21H16N2O4. The molecule has 4 aromatic rings. The molecule has 27 heavy (non-hydrogen) atoms. The van der Waals surface area contributed by atoms with Gasteiger partial charge in [0.15, 0.2) is 11.3 Å². The van der Waals surface area contributed by atoms with Crippen LogP contribution in [0.15, 0.2) is 65.3 Å². The van der Waals surface area contributed by atoms with Crippen LogP contribution in [0.1, 0.15) is 17.3 Å². The van der Waals surface area contributed by atoms with Crippen LogP contribution < -0.4 is 10.1 Å². The number of amides is 1. The molecular weight excluding hydrogens is 344 g/mol. The first kappa shape index (κ1) is 16.8. The van der Waals surface area contributed by atoms with Crippen molar-refractivity contribution in [3.63, 3.8) is 0 Å². The standard InChI is InChI=1S/C21H16N2O4/c1-2-26-17-8-7-15(18-14-5-3-4-6-16(14)27-20(17)18)19(24)21(25)23-13-9-11-22-12-10-13/h3-12H,2H2,1H3,(H,22,23,25). The van der Waals surface area contributed by atoms with Gasteiger partial charge in [0.05, 0.1) is 6.61 Å². The number of fused-ring (bicyclic) bond motifs is 3. The lowest BCUT2D eigenvalue weighted by molar-refractivity contribution is -0.112. The molecule has 0 radical (unpaired) electrons. The van der Waals surface area contributed by atoms with Crippen molar-refractivity contribution in [2.75, 3.05) is 11.9 Å². The van der Waals surface area contributed by atoms with E-state index >= 15 is 0 Å². The summed E-state index contributed by atoms with van der Waals surface area (Å²) in [6.45, 7) is 2.33. The number of Topliss-reactive ketones (excluding diaryl/α,β-unsaturated/α-hetero) is 1. The van der Waals surface area contributed by atoms with E-state index in [1.54, 1.807) is 36.7 Å². The lowest BCUT2D eigenvalue weighted by Gasteiger charge is -2.08. The zero-order valence-corrected chi connectivity index (χ0v) is 14.6. The molecule has 2 heterocycles. The lowest BCUT2D eigenvalue weighted by Crippen LogP contribution is -2.23. The number of nitrogens with zero attached hydrogens (tertiary/aromatic N) is 1. The molecule has 6 heteroatoms. The summed E-state index contributed by atoms with van der Waals surface area (Å²) in [5.74, 6) is -0.835. The van der Waals surface area contributed by atoms with E-state index in [9.17, 15) is 9.59 Å². The molecule has 134 valence electrons. The van der Waals surface area contributed by atoms with E-state index < -0.39 is 11.7 Å². The van der Waals surface area contributed by atoms with Gasteiger partial charge >= 0.3 is 0 Å². The second-order valence-corrected chi connectivity index (χ2v) is 5.87. The molecule has 6 nitrogen and oxygen atoms in total. The quantitative estimate of drug-likeness (QED) is 0.426. The number of carbonyl (C=O) groups is 2. The van der Waals surface area contributed by atoms with E-state index in [2.05, 4.69) is 10.3 Å². The summed E-state index contributed by atoms with van der Waals surface area (Å²) in [6, 6.07) is 13.9. The van der Waals surface area contributed by atoms with Crippen LogP contribution in [0.4, 0.5) is 5.69 Å². The van der Waals surface area contributed by atoms with Gasteiger partial charge in [-0.15, -0.1) is 0 Å². The smallest absolute Gasteiger partial charge is 0.296 e. The van der Waals surface area contributed by atoms with E-state index in [0.717, 1.165) is 5.39 Å². The van der Waals surface area contributed by atoms with Crippen LogP contribution >= 0.6 is 0 Å². The molecule has 2 aromatic carbocycles. The van der Waals surface area contributed by atoms with E-state index in [-0.39, 0.29) is 5.56 Å². The minimum Gasteiger partial charge on any atom is -0.490 e. The average Bonchev–Trinajstić information content (AvgIpc) is 3.09. The molecule has 0 aliphatic rings. The van der Waals surface area contributed by atoms with Gasteiger partial charge in [0.2, 0.25) is 0 Å².